The molecule has 38 heavy (non-hydrogen) atoms. The van der Waals surface area contributed by atoms with Crippen LogP contribution in [0.25, 0.3) is 11.3 Å². The molecule has 0 spiro atoms. The standard InChI is InChI=1S/C29H41F3N4O2/c1-19-23(27(37)34-22-10-12-38-13-11-22)16-24(36(19)17-20-8-6-5-7-9-20)21-14-25(29(30,31)32)35-26(15-21)33-18-28(2,3)4/h14-16,20,22H,5-13,17-18H2,1-4H3,(H,33,35)(H,34,37). The molecule has 1 aliphatic carbocycles. The average molecular weight is 535 g/mol. The number of hydrogen-bond acceptors (Lipinski definition) is 4. The van der Waals surface area contributed by atoms with Crippen LogP contribution in [-0.4, -0.2) is 41.3 Å². The minimum Gasteiger partial charge on any atom is -0.381 e. The molecule has 4 rings (SSSR count). The maximum absolute atomic E-state index is 13.9. The van der Waals surface area contributed by atoms with E-state index in [2.05, 4.69) is 20.2 Å². The lowest BCUT2D eigenvalue weighted by Crippen LogP contribution is -2.39. The van der Waals surface area contributed by atoms with Gasteiger partial charge in [0.1, 0.15) is 11.5 Å². The van der Waals surface area contributed by atoms with Crippen LogP contribution >= 0.6 is 0 Å². The van der Waals surface area contributed by atoms with Crippen LogP contribution in [0.15, 0.2) is 18.2 Å². The van der Waals surface area contributed by atoms with E-state index in [-0.39, 0.29) is 23.2 Å². The Bertz CT molecular complexity index is 1110. The number of ether oxygens (including phenoxy) is 1. The summed E-state index contributed by atoms with van der Waals surface area (Å²) < 4.78 is 49.2. The van der Waals surface area contributed by atoms with Gasteiger partial charge in [0.2, 0.25) is 0 Å². The third kappa shape index (κ3) is 7.30. The lowest BCUT2D eigenvalue weighted by molar-refractivity contribution is -0.141. The van der Waals surface area contributed by atoms with E-state index in [4.69, 9.17) is 4.74 Å². The topological polar surface area (TPSA) is 68.2 Å². The molecule has 1 saturated carbocycles. The average Bonchev–Trinajstić information content (AvgIpc) is 3.19. The predicted octanol–water partition coefficient (Wildman–Crippen LogP) is 6.82. The van der Waals surface area contributed by atoms with Crippen LogP contribution in [0.4, 0.5) is 19.0 Å². The largest absolute Gasteiger partial charge is 0.433 e. The van der Waals surface area contributed by atoms with E-state index >= 15 is 0 Å². The van der Waals surface area contributed by atoms with Gasteiger partial charge in [0.25, 0.3) is 5.91 Å². The smallest absolute Gasteiger partial charge is 0.381 e. The van der Waals surface area contributed by atoms with Crippen molar-refractivity contribution in [1.82, 2.24) is 14.9 Å². The van der Waals surface area contributed by atoms with Gasteiger partial charge < -0.3 is 19.9 Å². The van der Waals surface area contributed by atoms with E-state index in [0.29, 0.717) is 49.0 Å². The molecule has 1 aliphatic heterocycles. The highest BCUT2D eigenvalue weighted by atomic mass is 19.4. The summed E-state index contributed by atoms with van der Waals surface area (Å²) >= 11 is 0. The third-order valence-electron chi connectivity index (χ3n) is 7.54. The molecule has 0 unspecified atom stereocenters. The number of nitrogens with zero attached hydrogens (tertiary/aromatic N) is 2. The summed E-state index contributed by atoms with van der Waals surface area (Å²) in [6, 6.07) is 4.57. The number of carbonyl (C=O) groups excluding carboxylic acids is 1. The first kappa shape index (κ1) is 28.5. The molecule has 2 aromatic rings. The fraction of sp³-hybridized carbons (Fsp3) is 0.655. The minimum absolute atomic E-state index is 0.0340. The van der Waals surface area contributed by atoms with E-state index in [1.54, 1.807) is 12.1 Å². The molecule has 210 valence electrons. The maximum atomic E-state index is 13.9. The van der Waals surface area contributed by atoms with Gasteiger partial charge in [-0.05, 0) is 62.1 Å². The van der Waals surface area contributed by atoms with Crippen LogP contribution in [-0.2, 0) is 17.5 Å². The Morgan fingerprint density at radius 3 is 2.37 bits per heavy atom. The Morgan fingerprint density at radius 2 is 1.74 bits per heavy atom. The van der Waals surface area contributed by atoms with E-state index < -0.39 is 11.9 Å². The zero-order chi connectivity index (χ0) is 27.5. The molecule has 3 heterocycles. The molecular formula is C29H41F3N4O2. The molecule has 2 N–H and O–H groups in total. The number of nitrogens with one attached hydrogen (secondary N) is 2. The number of pyridine rings is 1. The van der Waals surface area contributed by atoms with Crippen LogP contribution in [0.2, 0.25) is 0 Å². The third-order valence-corrected chi connectivity index (χ3v) is 7.54. The van der Waals surface area contributed by atoms with Crippen molar-refractivity contribution in [3.05, 3.63) is 35.2 Å². The molecule has 2 aromatic heterocycles. The Labute approximate surface area is 223 Å². The van der Waals surface area contributed by atoms with E-state index in [1.165, 1.54) is 6.42 Å². The highest BCUT2D eigenvalue weighted by molar-refractivity contribution is 5.97. The summed E-state index contributed by atoms with van der Waals surface area (Å²) in [7, 11) is 0. The second kappa shape index (κ2) is 11.7. The lowest BCUT2D eigenvalue weighted by atomic mass is 9.89. The Balaban J connectivity index is 1.75. The van der Waals surface area contributed by atoms with Crippen molar-refractivity contribution in [3.8, 4) is 11.3 Å². The second-order valence-corrected chi connectivity index (χ2v) is 12.0. The number of amides is 1. The molecule has 0 aromatic carbocycles. The maximum Gasteiger partial charge on any atom is 0.433 e. The molecule has 9 heteroatoms. The normalized spacial score (nSPS) is 18.0. The van der Waals surface area contributed by atoms with Crippen molar-refractivity contribution in [2.24, 2.45) is 11.3 Å². The van der Waals surface area contributed by atoms with E-state index in [0.717, 1.165) is 50.3 Å². The number of halogens is 3. The molecule has 2 aliphatic rings. The first-order valence-corrected chi connectivity index (χ1v) is 13.8. The first-order chi connectivity index (χ1) is 17.9. The van der Waals surface area contributed by atoms with E-state index in [1.807, 2.05) is 27.7 Å². The number of rotatable bonds is 7. The Kier molecular flexibility index (Phi) is 8.75. The highest BCUT2D eigenvalue weighted by Gasteiger charge is 2.34. The monoisotopic (exact) mass is 534 g/mol. The van der Waals surface area contributed by atoms with Crippen LogP contribution in [0.3, 0.4) is 0 Å². The lowest BCUT2D eigenvalue weighted by Gasteiger charge is -2.25. The van der Waals surface area contributed by atoms with Crippen molar-refractivity contribution < 1.29 is 22.7 Å². The zero-order valence-corrected chi connectivity index (χ0v) is 23.0. The van der Waals surface area contributed by atoms with Gasteiger partial charge >= 0.3 is 6.18 Å². The second-order valence-electron chi connectivity index (χ2n) is 12.0. The van der Waals surface area contributed by atoms with Crippen molar-refractivity contribution >= 4 is 11.7 Å². The first-order valence-electron chi connectivity index (χ1n) is 13.8. The van der Waals surface area contributed by atoms with Crippen molar-refractivity contribution in [2.75, 3.05) is 25.1 Å². The molecule has 0 bridgehead atoms. The molecule has 6 nitrogen and oxygen atoms in total. The number of hydrogen-bond donors (Lipinski definition) is 2. The van der Waals surface area contributed by atoms with E-state index in [9.17, 15) is 18.0 Å². The number of anilines is 1. The summed E-state index contributed by atoms with van der Waals surface area (Å²) in [5, 5.41) is 6.21. The fourth-order valence-corrected chi connectivity index (χ4v) is 5.35. The summed E-state index contributed by atoms with van der Waals surface area (Å²) in [5.74, 6) is 0.428. The number of aromatic nitrogens is 2. The van der Waals surface area contributed by atoms with Gasteiger partial charge in [-0.3, -0.25) is 4.79 Å². The zero-order valence-electron chi connectivity index (χ0n) is 23.0. The SMILES string of the molecule is Cc1c(C(=O)NC2CCOCC2)cc(-c2cc(NCC(C)(C)C)nc(C(F)(F)F)c2)n1CC1CCCCC1. The molecule has 1 saturated heterocycles. The van der Waals surface area contributed by atoms with Gasteiger partial charge in [0.15, 0.2) is 0 Å². The molecule has 2 fully saturated rings. The van der Waals surface area contributed by atoms with Gasteiger partial charge in [-0.25, -0.2) is 4.98 Å². The van der Waals surface area contributed by atoms with Gasteiger partial charge in [0, 0.05) is 49.3 Å². The quantitative estimate of drug-likeness (QED) is 0.409. The van der Waals surface area contributed by atoms with Crippen molar-refractivity contribution in [2.45, 2.75) is 91.4 Å². The summed E-state index contributed by atoms with van der Waals surface area (Å²) in [6.07, 6.45) is 2.62. The minimum atomic E-state index is -4.59. The van der Waals surface area contributed by atoms with Crippen molar-refractivity contribution in [1.29, 1.82) is 0 Å². The molecule has 1 amide bonds. The fourth-order valence-electron chi connectivity index (χ4n) is 5.35. The van der Waals surface area contributed by atoms with Crippen LogP contribution in [0, 0.1) is 18.3 Å². The van der Waals surface area contributed by atoms with Gasteiger partial charge in [-0.1, -0.05) is 40.0 Å². The number of alkyl halides is 3. The molecule has 0 radical (unpaired) electrons. The Morgan fingerprint density at radius 1 is 1.05 bits per heavy atom. The van der Waals surface area contributed by atoms with Gasteiger partial charge in [0.05, 0.1) is 5.56 Å². The van der Waals surface area contributed by atoms with Crippen LogP contribution in [0.1, 0.15) is 87.5 Å². The summed E-state index contributed by atoms with van der Waals surface area (Å²) in [4.78, 5) is 17.2. The molecule has 0 atom stereocenters. The van der Waals surface area contributed by atoms with Crippen LogP contribution in [0.5, 0.6) is 0 Å². The molecular weight excluding hydrogens is 493 g/mol. The summed E-state index contributed by atoms with van der Waals surface area (Å²) in [5.41, 5.74) is 1.25. The highest BCUT2D eigenvalue weighted by Crippen LogP contribution is 2.36. The number of carbonyl (C=O) groups is 1. The predicted molar refractivity (Wildman–Crippen MR) is 143 cm³/mol. The van der Waals surface area contributed by atoms with Gasteiger partial charge in [-0.2, -0.15) is 13.2 Å². The van der Waals surface area contributed by atoms with Crippen LogP contribution < -0.4 is 10.6 Å². The van der Waals surface area contributed by atoms with Gasteiger partial charge in [-0.15, -0.1) is 0 Å². The van der Waals surface area contributed by atoms with Crippen molar-refractivity contribution in [3.63, 3.8) is 0 Å². The summed E-state index contributed by atoms with van der Waals surface area (Å²) in [6.45, 7) is 10.3. The Hall–Kier alpha value is -2.55.